The summed E-state index contributed by atoms with van der Waals surface area (Å²) in [4.78, 5) is 13.8. The fraction of sp³-hybridized carbons (Fsp3) is 0.0526. The maximum Gasteiger partial charge on any atom is 0.167 e. The highest BCUT2D eigenvalue weighted by molar-refractivity contribution is 7.22. The van der Waals surface area contributed by atoms with Crippen molar-refractivity contribution >= 4 is 33.6 Å². The third kappa shape index (κ3) is 3.38. The van der Waals surface area contributed by atoms with Gasteiger partial charge in [-0.15, -0.1) is 11.3 Å². The van der Waals surface area contributed by atoms with Crippen molar-refractivity contribution in [3.63, 3.8) is 0 Å². The van der Waals surface area contributed by atoms with E-state index in [1.165, 1.54) is 6.33 Å². The summed E-state index contributed by atoms with van der Waals surface area (Å²) in [7, 11) is 1.66. The van der Waals surface area contributed by atoms with Crippen LogP contribution in [0.2, 0.25) is 0 Å². The molecule has 0 spiro atoms. The molecule has 0 saturated heterocycles. The summed E-state index contributed by atoms with van der Waals surface area (Å²) < 4.78 is 6.17. The molecular formula is C19H15N5OS. The Balaban J connectivity index is 1.62. The van der Waals surface area contributed by atoms with Crippen LogP contribution in [0.3, 0.4) is 0 Å². The van der Waals surface area contributed by atoms with Gasteiger partial charge in [-0.05, 0) is 42.0 Å². The van der Waals surface area contributed by atoms with Crippen LogP contribution in [-0.4, -0.2) is 28.3 Å². The second kappa shape index (κ2) is 7.28. The first-order chi connectivity index (χ1) is 12.8. The number of methoxy groups -OCH3 is 1. The molecule has 4 aromatic rings. The number of hydrazone groups is 1. The molecule has 3 aromatic heterocycles. The average Bonchev–Trinajstić information content (AvgIpc) is 3.14. The molecule has 0 unspecified atom stereocenters. The molecule has 128 valence electrons. The molecule has 0 bridgehead atoms. The molecule has 26 heavy (non-hydrogen) atoms. The van der Waals surface area contributed by atoms with E-state index in [0.29, 0.717) is 5.82 Å². The normalized spacial score (nSPS) is 11.1. The van der Waals surface area contributed by atoms with Gasteiger partial charge in [0.05, 0.1) is 23.5 Å². The van der Waals surface area contributed by atoms with Gasteiger partial charge in [-0.3, -0.25) is 10.4 Å². The lowest BCUT2D eigenvalue weighted by atomic mass is 10.2. The van der Waals surface area contributed by atoms with Crippen molar-refractivity contribution in [2.75, 3.05) is 12.5 Å². The Morgan fingerprint density at radius 2 is 2.04 bits per heavy atom. The summed E-state index contributed by atoms with van der Waals surface area (Å²) in [6, 6.07) is 13.8. The molecule has 1 N–H and O–H groups in total. The third-order valence-corrected chi connectivity index (χ3v) is 4.93. The van der Waals surface area contributed by atoms with E-state index >= 15 is 0 Å². The van der Waals surface area contributed by atoms with E-state index in [1.807, 2.05) is 36.4 Å². The zero-order chi connectivity index (χ0) is 17.8. The fourth-order valence-electron chi connectivity index (χ4n) is 2.45. The maximum absolute atomic E-state index is 5.21. The van der Waals surface area contributed by atoms with Gasteiger partial charge < -0.3 is 4.74 Å². The lowest BCUT2D eigenvalue weighted by Crippen LogP contribution is -1.94. The Labute approximate surface area is 154 Å². The van der Waals surface area contributed by atoms with Gasteiger partial charge in [0.25, 0.3) is 0 Å². The Hall–Kier alpha value is -3.32. The van der Waals surface area contributed by atoms with Gasteiger partial charge in [-0.2, -0.15) is 5.10 Å². The van der Waals surface area contributed by atoms with E-state index in [4.69, 9.17) is 4.74 Å². The van der Waals surface area contributed by atoms with Crippen LogP contribution in [0.1, 0.15) is 5.56 Å². The molecule has 6 nitrogen and oxygen atoms in total. The van der Waals surface area contributed by atoms with Gasteiger partial charge in [0.2, 0.25) is 0 Å². The summed E-state index contributed by atoms with van der Waals surface area (Å²) in [5.74, 6) is 1.52. The van der Waals surface area contributed by atoms with E-state index in [0.717, 1.165) is 32.0 Å². The fourth-order valence-corrected chi connectivity index (χ4v) is 3.51. The first-order valence-electron chi connectivity index (χ1n) is 7.91. The van der Waals surface area contributed by atoms with Crippen molar-refractivity contribution in [3.8, 4) is 16.2 Å². The second-order valence-corrected chi connectivity index (χ2v) is 6.48. The van der Waals surface area contributed by atoms with Crippen LogP contribution in [-0.2, 0) is 0 Å². The van der Waals surface area contributed by atoms with Crippen molar-refractivity contribution in [2.45, 2.75) is 0 Å². The number of aromatic nitrogens is 3. The van der Waals surface area contributed by atoms with Crippen LogP contribution in [0.5, 0.6) is 5.75 Å². The topological polar surface area (TPSA) is 72.3 Å². The Morgan fingerprint density at radius 3 is 2.81 bits per heavy atom. The molecule has 0 aliphatic heterocycles. The molecule has 7 heteroatoms. The Kier molecular flexibility index (Phi) is 4.53. The number of benzene rings is 1. The van der Waals surface area contributed by atoms with Crippen molar-refractivity contribution in [1.29, 1.82) is 0 Å². The summed E-state index contributed by atoms with van der Waals surface area (Å²) in [6.45, 7) is 0. The van der Waals surface area contributed by atoms with E-state index in [9.17, 15) is 0 Å². The summed E-state index contributed by atoms with van der Waals surface area (Å²) >= 11 is 1.62. The van der Waals surface area contributed by atoms with Gasteiger partial charge in [-0.1, -0.05) is 6.07 Å². The summed E-state index contributed by atoms with van der Waals surface area (Å²) in [5, 5.41) is 4.25. The molecule has 0 radical (unpaired) electrons. The summed E-state index contributed by atoms with van der Waals surface area (Å²) in [6.07, 6.45) is 6.71. The molecule has 0 aliphatic rings. The predicted molar refractivity (Wildman–Crippen MR) is 105 cm³/mol. The molecule has 0 amide bonds. The van der Waals surface area contributed by atoms with Crippen molar-refractivity contribution in [2.24, 2.45) is 5.10 Å². The van der Waals surface area contributed by atoms with E-state index in [1.54, 1.807) is 37.1 Å². The minimum Gasteiger partial charge on any atom is -0.497 e. The van der Waals surface area contributed by atoms with Crippen LogP contribution in [0, 0.1) is 0 Å². The Bertz CT molecular complexity index is 1040. The van der Waals surface area contributed by atoms with Crippen molar-refractivity contribution in [1.82, 2.24) is 15.0 Å². The van der Waals surface area contributed by atoms with Crippen LogP contribution < -0.4 is 10.2 Å². The number of hydrogen-bond acceptors (Lipinski definition) is 7. The third-order valence-electron chi connectivity index (χ3n) is 3.75. The minimum absolute atomic E-state index is 0.680. The second-order valence-electron chi connectivity index (χ2n) is 5.43. The number of fused-ring (bicyclic) bond motifs is 1. The van der Waals surface area contributed by atoms with Crippen molar-refractivity contribution in [3.05, 3.63) is 66.7 Å². The van der Waals surface area contributed by atoms with Gasteiger partial charge in [0.1, 0.15) is 12.1 Å². The molecule has 0 fully saturated rings. The zero-order valence-corrected chi connectivity index (χ0v) is 14.8. The SMILES string of the molecule is COc1ccc(-c2cc3ncnc(NN=Cc4cccnc4)c3s2)cc1. The number of pyridine rings is 1. The number of nitrogens with zero attached hydrogens (tertiary/aromatic N) is 4. The van der Waals surface area contributed by atoms with Gasteiger partial charge in [0.15, 0.2) is 5.82 Å². The largest absolute Gasteiger partial charge is 0.497 e. The highest BCUT2D eigenvalue weighted by Crippen LogP contribution is 2.36. The number of nitrogens with one attached hydrogen (secondary N) is 1. The highest BCUT2D eigenvalue weighted by Gasteiger charge is 2.10. The monoisotopic (exact) mass is 361 g/mol. The van der Waals surface area contributed by atoms with E-state index in [2.05, 4.69) is 31.5 Å². The number of hydrogen-bond donors (Lipinski definition) is 1. The lowest BCUT2D eigenvalue weighted by molar-refractivity contribution is 0.415. The van der Waals surface area contributed by atoms with Crippen LogP contribution in [0.15, 0.2) is 66.3 Å². The molecule has 1 aromatic carbocycles. The van der Waals surface area contributed by atoms with E-state index in [-0.39, 0.29) is 0 Å². The Morgan fingerprint density at radius 1 is 1.15 bits per heavy atom. The number of anilines is 1. The van der Waals surface area contributed by atoms with Crippen LogP contribution >= 0.6 is 11.3 Å². The first kappa shape index (κ1) is 16.2. The average molecular weight is 361 g/mol. The molecule has 0 atom stereocenters. The zero-order valence-electron chi connectivity index (χ0n) is 14.0. The summed E-state index contributed by atoms with van der Waals surface area (Å²) in [5.41, 5.74) is 5.91. The standard InChI is InChI=1S/C19H15N5OS/c1-25-15-6-4-14(5-7-15)17-9-16-18(26-17)19(22-12-21-16)24-23-11-13-3-2-8-20-10-13/h2-12H,1H3,(H,21,22,24). The molecule has 0 saturated carbocycles. The molecule has 4 rings (SSSR count). The highest BCUT2D eigenvalue weighted by atomic mass is 32.1. The lowest BCUT2D eigenvalue weighted by Gasteiger charge is -2.01. The van der Waals surface area contributed by atoms with Gasteiger partial charge >= 0.3 is 0 Å². The first-order valence-corrected chi connectivity index (χ1v) is 8.73. The van der Waals surface area contributed by atoms with Gasteiger partial charge in [-0.25, -0.2) is 9.97 Å². The quantitative estimate of drug-likeness (QED) is 0.426. The van der Waals surface area contributed by atoms with Crippen LogP contribution in [0.25, 0.3) is 20.7 Å². The van der Waals surface area contributed by atoms with Gasteiger partial charge in [0, 0.05) is 22.8 Å². The molecular weight excluding hydrogens is 346 g/mol. The smallest absolute Gasteiger partial charge is 0.167 e. The maximum atomic E-state index is 5.21. The number of rotatable bonds is 5. The van der Waals surface area contributed by atoms with E-state index < -0.39 is 0 Å². The molecule has 0 aliphatic carbocycles. The molecule has 3 heterocycles. The predicted octanol–water partition coefficient (Wildman–Crippen LogP) is 4.21. The minimum atomic E-state index is 0.680. The number of thiophene rings is 1. The van der Waals surface area contributed by atoms with Crippen LogP contribution in [0.4, 0.5) is 5.82 Å². The van der Waals surface area contributed by atoms with Crippen molar-refractivity contribution < 1.29 is 4.74 Å². The number of ether oxygens (including phenoxy) is 1.